The molecule has 1 aliphatic rings. The topological polar surface area (TPSA) is 91.2 Å². The molecule has 1 aliphatic carbocycles. The van der Waals surface area contributed by atoms with Gasteiger partial charge in [0.15, 0.2) is 5.58 Å². The van der Waals surface area contributed by atoms with E-state index in [0.717, 1.165) is 5.56 Å². The van der Waals surface area contributed by atoms with Crippen LogP contribution in [0.5, 0.6) is 0 Å². The van der Waals surface area contributed by atoms with Crippen LogP contribution in [0.3, 0.4) is 0 Å². The molecular formula is C24H27F3N4O3. The Balaban J connectivity index is 1.44. The van der Waals surface area contributed by atoms with Crippen molar-refractivity contribution in [1.29, 1.82) is 0 Å². The third-order valence-electron chi connectivity index (χ3n) is 6.72. The quantitative estimate of drug-likeness (QED) is 0.492. The molecule has 34 heavy (non-hydrogen) atoms. The Hall–Kier alpha value is -3.14. The first-order chi connectivity index (χ1) is 16.1. The van der Waals surface area contributed by atoms with E-state index in [1.165, 1.54) is 12.4 Å². The van der Waals surface area contributed by atoms with E-state index in [1.807, 2.05) is 25.1 Å². The number of carbonyl (C=O) groups excluding carboxylic acids is 1. The predicted octanol–water partition coefficient (Wildman–Crippen LogP) is 3.62. The molecule has 0 aliphatic heterocycles. The maximum absolute atomic E-state index is 13.9. The lowest BCUT2D eigenvalue weighted by Crippen LogP contribution is -2.42. The van der Waals surface area contributed by atoms with Gasteiger partial charge in [0, 0.05) is 37.3 Å². The van der Waals surface area contributed by atoms with Gasteiger partial charge in [0.25, 0.3) is 0 Å². The molecule has 0 unspecified atom stereocenters. The van der Waals surface area contributed by atoms with Crippen molar-refractivity contribution < 1.29 is 22.4 Å². The number of H-pyrrole nitrogens is 1. The Labute approximate surface area is 194 Å². The zero-order valence-electron chi connectivity index (χ0n) is 19.0. The second-order valence-electron chi connectivity index (χ2n) is 9.17. The van der Waals surface area contributed by atoms with Crippen LogP contribution in [0.1, 0.15) is 36.3 Å². The van der Waals surface area contributed by atoms with Crippen LogP contribution < -0.4 is 11.1 Å². The summed E-state index contributed by atoms with van der Waals surface area (Å²) in [5.74, 6) is -1.93. The number of aromatic amines is 1. The van der Waals surface area contributed by atoms with Gasteiger partial charge in [0.05, 0.1) is 10.9 Å². The van der Waals surface area contributed by atoms with Crippen molar-refractivity contribution in [2.45, 2.75) is 43.8 Å². The first-order valence-corrected chi connectivity index (χ1v) is 11.1. The Bertz CT molecular complexity index is 1200. The monoisotopic (exact) mass is 476 g/mol. The van der Waals surface area contributed by atoms with E-state index >= 15 is 0 Å². The average Bonchev–Trinajstić information content (AvgIpc) is 3.51. The normalized spacial score (nSPS) is 17.0. The summed E-state index contributed by atoms with van der Waals surface area (Å²) in [4.78, 5) is 32.7. The summed E-state index contributed by atoms with van der Waals surface area (Å²) in [6.45, 7) is 0.264. The number of hydrogen-bond acceptors (Lipinski definition) is 5. The standard InChI is InChI=1S/C24H27F3N4O3/c1-31(2)17(10-15-5-6-19-20(11-15)34-22(33)30-19)14-29-21(32)12-18(16-4-3-9-28-13-16)23(7-8-23)24(25,26)27/h3-6,9,11,13,17-18H,7-8,10,12,14H2,1-2H3,(H,29,32)(H,30,33)/t17-,18-/m0/s1. The number of rotatable bonds is 9. The van der Waals surface area contributed by atoms with Gasteiger partial charge in [0.1, 0.15) is 0 Å². The predicted molar refractivity (Wildman–Crippen MR) is 120 cm³/mol. The fourth-order valence-corrected chi connectivity index (χ4v) is 4.49. The van der Waals surface area contributed by atoms with Gasteiger partial charge < -0.3 is 14.6 Å². The number of nitrogens with zero attached hydrogens (tertiary/aromatic N) is 2. The summed E-state index contributed by atoms with van der Waals surface area (Å²) in [6, 6.07) is 8.48. The van der Waals surface area contributed by atoms with Crippen LogP contribution in [-0.4, -0.2) is 53.6 Å². The Morgan fingerprint density at radius 2 is 2.06 bits per heavy atom. The van der Waals surface area contributed by atoms with Gasteiger partial charge in [-0.05, 0) is 62.7 Å². The Morgan fingerprint density at radius 1 is 1.29 bits per heavy atom. The lowest BCUT2D eigenvalue weighted by Gasteiger charge is -2.30. The highest BCUT2D eigenvalue weighted by molar-refractivity contribution is 5.77. The molecule has 0 spiro atoms. The molecule has 1 saturated carbocycles. The molecule has 1 fully saturated rings. The third kappa shape index (κ3) is 5.01. The van der Waals surface area contributed by atoms with E-state index in [-0.39, 0.29) is 31.8 Å². The number of hydrogen-bond donors (Lipinski definition) is 2. The van der Waals surface area contributed by atoms with Gasteiger partial charge in [-0.2, -0.15) is 13.2 Å². The Kier molecular flexibility index (Phi) is 6.53. The molecule has 7 nitrogen and oxygen atoms in total. The van der Waals surface area contributed by atoms with Gasteiger partial charge >= 0.3 is 11.9 Å². The van der Waals surface area contributed by atoms with E-state index in [9.17, 15) is 22.8 Å². The number of nitrogens with one attached hydrogen (secondary N) is 2. The van der Waals surface area contributed by atoms with Crippen LogP contribution in [0.4, 0.5) is 13.2 Å². The van der Waals surface area contributed by atoms with Crippen molar-refractivity contribution in [3.63, 3.8) is 0 Å². The molecule has 4 rings (SSSR count). The fourth-order valence-electron chi connectivity index (χ4n) is 4.49. The van der Waals surface area contributed by atoms with Gasteiger partial charge in [-0.25, -0.2) is 4.79 Å². The van der Waals surface area contributed by atoms with E-state index in [0.29, 0.717) is 23.1 Å². The molecule has 3 aromatic rings. The van der Waals surface area contributed by atoms with Crippen molar-refractivity contribution >= 4 is 17.0 Å². The van der Waals surface area contributed by atoms with E-state index < -0.39 is 29.2 Å². The number of fused-ring (bicyclic) bond motifs is 1. The van der Waals surface area contributed by atoms with Gasteiger partial charge in [-0.1, -0.05) is 12.1 Å². The van der Waals surface area contributed by atoms with Crippen molar-refractivity contribution in [2.75, 3.05) is 20.6 Å². The number of benzene rings is 1. The second-order valence-corrected chi connectivity index (χ2v) is 9.17. The molecule has 2 heterocycles. The second kappa shape index (κ2) is 9.25. The molecular weight excluding hydrogens is 449 g/mol. The molecule has 10 heteroatoms. The van der Waals surface area contributed by atoms with Crippen LogP contribution in [-0.2, 0) is 11.2 Å². The summed E-state index contributed by atoms with van der Waals surface area (Å²) in [6.07, 6.45) is -1.13. The summed E-state index contributed by atoms with van der Waals surface area (Å²) in [7, 11) is 3.74. The third-order valence-corrected chi connectivity index (χ3v) is 6.72. The van der Waals surface area contributed by atoms with Gasteiger partial charge in [-0.3, -0.25) is 14.8 Å². The lowest BCUT2D eigenvalue weighted by atomic mass is 9.80. The number of aromatic nitrogens is 2. The highest BCUT2D eigenvalue weighted by Crippen LogP contribution is 2.66. The maximum Gasteiger partial charge on any atom is 0.417 e. The van der Waals surface area contributed by atoms with Crippen LogP contribution in [0, 0.1) is 5.41 Å². The molecule has 0 radical (unpaired) electrons. The van der Waals surface area contributed by atoms with Gasteiger partial charge in [0.2, 0.25) is 5.91 Å². The highest BCUT2D eigenvalue weighted by Gasteiger charge is 2.67. The number of carbonyl (C=O) groups is 1. The molecule has 2 atom stereocenters. The highest BCUT2D eigenvalue weighted by atomic mass is 19.4. The number of pyridine rings is 1. The minimum absolute atomic E-state index is 0.0153. The van der Waals surface area contributed by atoms with Crippen LogP contribution in [0.15, 0.2) is 51.9 Å². The molecule has 2 aromatic heterocycles. The largest absolute Gasteiger partial charge is 0.417 e. The fraction of sp³-hybridized carbons (Fsp3) is 0.458. The van der Waals surface area contributed by atoms with Crippen LogP contribution in [0.2, 0.25) is 0 Å². The smallest absolute Gasteiger partial charge is 0.408 e. The number of alkyl halides is 3. The maximum atomic E-state index is 13.9. The molecule has 1 aromatic carbocycles. The number of likely N-dealkylation sites (N-methyl/N-ethyl adjacent to an activating group) is 1. The van der Waals surface area contributed by atoms with E-state index in [4.69, 9.17) is 4.42 Å². The minimum atomic E-state index is -4.38. The number of halogens is 3. The number of oxazole rings is 1. The molecule has 0 bridgehead atoms. The van der Waals surface area contributed by atoms with Crippen molar-refractivity contribution in [2.24, 2.45) is 5.41 Å². The van der Waals surface area contributed by atoms with E-state index in [2.05, 4.69) is 15.3 Å². The Morgan fingerprint density at radius 3 is 2.68 bits per heavy atom. The van der Waals surface area contributed by atoms with Gasteiger partial charge in [-0.15, -0.1) is 0 Å². The molecule has 182 valence electrons. The van der Waals surface area contributed by atoms with E-state index in [1.54, 1.807) is 24.3 Å². The molecule has 2 N–H and O–H groups in total. The summed E-state index contributed by atoms with van der Waals surface area (Å²) in [5.41, 5.74) is 0.515. The first kappa shape index (κ1) is 24.0. The lowest BCUT2D eigenvalue weighted by molar-refractivity contribution is -0.194. The van der Waals surface area contributed by atoms with Crippen molar-refractivity contribution in [3.8, 4) is 0 Å². The molecule has 1 amide bonds. The summed E-state index contributed by atoms with van der Waals surface area (Å²) in [5, 5.41) is 2.83. The number of amides is 1. The zero-order valence-corrected chi connectivity index (χ0v) is 19.0. The van der Waals surface area contributed by atoms with Crippen molar-refractivity contribution in [3.05, 3.63) is 64.4 Å². The first-order valence-electron chi connectivity index (χ1n) is 11.1. The van der Waals surface area contributed by atoms with Crippen LogP contribution >= 0.6 is 0 Å². The zero-order chi connectivity index (χ0) is 24.5. The van der Waals surface area contributed by atoms with Crippen LogP contribution in [0.25, 0.3) is 11.1 Å². The minimum Gasteiger partial charge on any atom is -0.408 e. The average molecular weight is 476 g/mol. The summed E-state index contributed by atoms with van der Waals surface area (Å²) >= 11 is 0. The summed E-state index contributed by atoms with van der Waals surface area (Å²) < 4.78 is 46.7. The SMILES string of the molecule is CN(C)[C@H](CNC(=O)C[C@@H](c1cccnc1)C1(C(F)(F)F)CC1)Cc1ccc2[nH]c(=O)oc2c1. The molecule has 0 saturated heterocycles. The van der Waals surface area contributed by atoms with Crippen molar-refractivity contribution in [1.82, 2.24) is 20.2 Å².